The number of aliphatic hydroxyl groups is 1. The van der Waals surface area contributed by atoms with Crippen LogP contribution in [0.3, 0.4) is 0 Å². The molecule has 2 nitrogen and oxygen atoms in total. The molecule has 1 N–H and O–H groups in total. The van der Waals surface area contributed by atoms with Crippen LogP contribution in [0.1, 0.15) is 78.1 Å². The second-order valence-electron chi connectivity index (χ2n) is 9.37. The summed E-state index contributed by atoms with van der Waals surface area (Å²) in [6.45, 7) is 4.81. The Morgan fingerprint density at radius 2 is 1.68 bits per heavy atom. The summed E-state index contributed by atoms with van der Waals surface area (Å²) in [7, 11) is 0. The van der Waals surface area contributed by atoms with E-state index in [1.54, 1.807) is 0 Å². The van der Waals surface area contributed by atoms with Gasteiger partial charge in [-0.2, -0.15) is 5.26 Å². The minimum atomic E-state index is -1.06. The highest BCUT2D eigenvalue weighted by atomic mass is 16.3. The quantitative estimate of drug-likeness (QED) is 0.661. The van der Waals surface area contributed by atoms with Crippen LogP contribution in [-0.4, -0.2) is 10.7 Å². The van der Waals surface area contributed by atoms with Gasteiger partial charge in [0.15, 0.2) is 5.60 Å². The highest BCUT2D eigenvalue weighted by Gasteiger charge is 2.64. The molecular weight excluding hydrogens is 270 g/mol. The van der Waals surface area contributed by atoms with Gasteiger partial charge in [-0.1, -0.05) is 26.7 Å². The zero-order chi connectivity index (χ0) is 15.6. The zero-order valence-corrected chi connectivity index (χ0v) is 14.3. The maximum atomic E-state index is 10.9. The molecule has 0 heterocycles. The van der Waals surface area contributed by atoms with E-state index in [9.17, 15) is 10.4 Å². The molecule has 0 bridgehead atoms. The third-order valence-corrected chi connectivity index (χ3v) is 8.92. The van der Waals surface area contributed by atoms with Gasteiger partial charge >= 0.3 is 0 Å². The molecule has 0 aromatic carbocycles. The Labute approximate surface area is 135 Å². The summed E-state index contributed by atoms with van der Waals surface area (Å²) in [5.41, 5.74) is -0.663. The van der Waals surface area contributed by atoms with E-state index in [1.165, 1.54) is 44.9 Å². The second-order valence-corrected chi connectivity index (χ2v) is 9.37. The molecule has 4 aliphatic carbocycles. The second kappa shape index (κ2) is 4.73. The van der Waals surface area contributed by atoms with Crippen molar-refractivity contribution >= 4 is 0 Å². The third kappa shape index (κ3) is 1.70. The van der Waals surface area contributed by atoms with E-state index in [0.29, 0.717) is 17.8 Å². The Morgan fingerprint density at radius 1 is 0.909 bits per heavy atom. The fourth-order valence-electron chi connectivity index (χ4n) is 7.49. The van der Waals surface area contributed by atoms with Gasteiger partial charge in [-0.25, -0.2) is 0 Å². The lowest BCUT2D eigenvalue weighted by Gasteiger charge is -2.60. The van der Waals surface area contributed by atoms with E-state index >= 15 is 0 Å². The largest absolute Gasteiger partial charge is 0.375 e. The van der Waals surface area contributed by atoms with Crippen LogP contribution in [0.5, 0.6) is 0 Å². The molecule has 0 radical (unpaired) electrons. The first-order valence-corrected chi connectivity index (χ1v) is 9.58. The molecule has 2 heteroatoms. The molecule has 4 aliphatic rings. The van der Waals surface area contributed by atoms with E-state index in [-0.39, 0.29) is 5.41 Å². The molecule has 0 amide bonds. The van der Waals surface area contributed by atoms with Crippen LogP contribution in [-0.2, 0) is 0 Å². The molecule has 4 saturated carbocycles. The number of nitrogens with zero attached hydrogens (tertiary/aromatic N) is 1. The van der Waals surface area contributed by atoms with Gasteiger partial charge in [-0.15, -0.1) is 0 Å². The molecule has 0 saturated heterocycles. The molecule has 122 valence electrons. The summed E-state index contributed by atoms with van der Waals surface area (Å²) in [4.78, 5) is 0. The fraction of sp³-hybridized carbons (Fsp3) is 0.950. The molecular formula is C20H31NO. The summed E-state index contributed by atoms with van der Waals surface area (Å²) in [6.07, 6.45) is 12.6. The smallest absolute Gasteiger partial charge is 0.156 e. The number of hydrogen-bond acceptors (Lipinski definition) is 2. The first-order valence-electron chi connectivity index (χ1n) is 9.58. The van der Waals surface area contributed by atoms with Gasteiger partial charge in [0.2, 0.25) is 0 Å². The average Bonchev–Trinajstić information content (AvgIpc) is 2.79. The number of fused-ring (bicyclic) bond motifs is 5. The average molecular weight is 301 g/mol. The highest BCUT2D eigenvalue weighted by Crippen LogP contribution is 2.68. The van der Waals surface area contributed by atoms with E-state index in [0.717, 1.165) is 30.6 Å². The number of hydrogen-bond donors (Lipinski definition) is 1. The summed E-state index contributed by atoms with van der Waals surface area (Å²) >= 11 is 0. The fourth-order valence-corrected chi connectivity index (χ4v) is 7.49. The van der Waals surface area contributed by atoms with Crippen molar-refractivity contribution in [3.63, 3.8) is 0 Å². The van der Waals surface area contributed by atoms with E-state index in [1.807, 2.05) is 0 Å². The Hall–Kier alpha value is -0.550. The highest BCUT2D eigenvalue weighted by molar-refractivity contribution is 5.20. The van der Waals surface area contributed by atoms with Crippen LogP contribution in [0.15, 0.2) is 0 Å². The van der Waals surface area contributed by atoms with Crippen LogP contribution >= 0.6 is 0 Å². The molecule has 0 aromatic rings. The Bertz CT molecular complexity index is 510. The van der Waals surface area contributed by atoms with Gasteiger partial charge in [0, 0.05) is 5.41 Å². The molecule has 4 unspecified atom stereocenters. The minimum Gasteiger partial charge on any atom is -0.375 e. The Kier molecular flexibility index (Phi) is 3.22. The molecule has 4 rings (SSSR count). The standard InChI is InChI=1S/C20H31NO/c1-18-10-4-3-5-14(18)6-7-15-16(18)8-11-19(2)17(15)9-12-20(19,22)13-21/h14-17,22H,3-12H2,1-2H3/t14?,15?,16?,17?,18-,19-,20-/m1/s1. The number of nitriles is 1. The summed E-state index contributed by atoms with van der Waals surface area (Å²) < 4.78 is 0. The van der Waals surface area contributed by atoms with Gasteiger partial charge < -0.3 is 5.11 Å². The van der Waals surface area contributed by atoms with Crippen LogP contribution in [0.25, 0.3) is 0 Å². The van der Waals surface area contributed by atoms with Crippen molar-refractivity contribution in [1.29, 1.82) is 5.26 Å². The van der Waals surface area contributed by atoms with Gasteiger partial charge in [0.05, 0.1) is 6.07 Å². The molecule has 0 spiro atoms. The van der Waals surface area contributed by atoms with Gasteiger partial charge in [-0.3, -0.25) is 0 Å². The van der Waals surface area contributed by atoms with Crippen LogP contribution < -0.4 is 0 Å². The lowest BCUT2D eigenvalue weighted by molar-refractivity contribution is -0.135. The van der Waals surface area contributed by atoms with Crippen molar-refractivity contribution in [3.05, 3.63) is 0 Å². The summed E-state index contributed by atoms with van der Waals surface area (Å²) in [5.74, 6) is 3.14. The van der Waals surface area contributed by atoms with Crippen molar-refractivity contribution in [2.75, 3.05) is 0 Å². The van der Waals surface area contributed by atoms with Crippen molar-refractivity contribution in [1.82, 2.24) is 0 Å². The normalized spacial score (nSPS) is 57.4. The molecule has 4 fully saturated rings. The van der Waals surface area contributed by atoms with Crippen molar-refractivity contribution in [2.45, 2.75) is 83.7 Å². The van der Waals surface area contributed by atoms with Crippen molar-refractivity contribution in [3.8, 4) is 6.07 Å². The van der Waals surface area contributed by atoms with Crippen molar-refractivity contribution < 1.29 is 5.11 Å². The lowest BCUT2D eigenvalue weighted by atomic mass is 9.44. The first kappa shape index (κ1) is 15.0. The molecule has 22 heavy (non-hydrogen) atoms. The summed E-state index contributed by atoms with van der Waals surface area (Å²) in [6, 6.07) is 2.30. The predicted octanol–water partition coefficient (Wildman–Crippen LogP) is 4.67. The van der Waals surface area contributed by atoms with Gasteiger partial charge in [-0.05, 0) is 80.5 Å². The lowest BCUT2D eigenvalue weighted by Crippen LogP contribution is -2.55. The number of rotatable bonds is 0. The van der Waals surface area contributed by atoms with Gasteiger partial charge in [0.1, 0.15) is 0 Å². The van der Waals surface area contributed by atoms with Crippen molar-refractivity contribution in [2.24, 2.45) is 34.5 Å². The van der Waals surface area contributed by atoms with Gasteiger partial charge in [0.25, 0.3) is 0 Å². The maximum absolute atomic E-state index is 10.9. The SMILES string of the molecule is C[C@@]12CCCCC1CCC1C2CC[C@]2(C)C1CC[C@@]2(O)C#N. The molecule has 0 aromatic heterocycles. The van der Waals surface area contributed by atoms with E-state index in [4.69, 9.17) is 0 Å². The topological polar surface area (TPSA) is 44.0 Å². The zero-order valence-electron chi connectivity index (χ0n) is 14.3. The summed E-state index contributed by atoms with van der Waals surface area (Å²) in [5, 5.41) is 20.4. The maximum Gasteiger partial charge on any atom is 0.156 e. The molecule has 7 atom stereocenters. The Morgan fingerprint density at radius 3 is 2.45 bits per heavy atom. The van der Waals surface area contributed by atoms with E-state index in [2.05, 4.69) is 19.9 Å². The predicted molar refractivity (Wildman–Crippen MR) is 86.9 cm³/mol. The van der Waals surface area contributed by atoms with Crippen LogP contribution in [0.4, 0.5) is 0 Å². The Balaban J connectivity index is 1.67. The molecule has 0 aliphatic heterocycles. The monoisotopic (exact) mass is 301 g/mol. The third-order valence-electron chi connectivity index (χ3n) is 8.92. The van der Waals surface area contributed by atoms with Crippen LogP contribution in [0.2, 0.25) is 0 Å². The first-order chi connectivity index (χ1) is 10.4. The van der Waals surface area contributed by atoms with Crippen LogP contribution in [0, 0.1) is 45.8 Å². The minimum absolute atomic E-state index is 0.152. The van der Waals surface area contributed by atoms with E-state index < -0.39 is 5.60 Å².